The highest BCUT2D eigenvalue weighted by Gasteiger charge is 2.30. The summed E-state index contributed by atoms with van der Waals surface area (Å²) >= 11 is 0. The molecule has 2 aromatic rings. The van der Waals surface area contributed by atoms with Crippen molar-refractivity contribution < 1.29 is 13.2 Å². The van der Waals surface area contributed by atoms with Gasteiger partial charge in [0.15, 0.2) is 0 Å². The van der Waals surface area contributed by atoms with Crippen molar-refractivity contribution in [2.45, 2.75) is 24.1 Å². The Bertz CT molecular complexity index is 770. The van der Waals surface area contributed by atoms with Crippen LogP contribution in [-0.2, 0) is 14.8 Å². The van der Waals surface area contributed by atoms with E-state index in [1.165, 1.54) is 0 Å². The van der Waals surface area contributed by atoms with E-state index in [0.717, 1.165) is 22.8 Å². The van der Waals surface area contributed by atoms with E-state index in [9.17, 15) is 8.42 Å². The lowest BCUT2D eigenvalue weighted by atomic mass is 10.0. The van der Waals surface area contributed by atoms with Crippen LogP contribution in [0.5, 0.6) is 0 Å². The standard InChI is InChI=1S/C17H22N2O3S/c18-11-17(19-23(20,21)16-6-3-9-22-12-16)15-8-7-13-4-1-2-5-14(13)10-15/h1-2,4-5,7-8,10,16-17,19H,3,6,9,11-12,18H2. The topological polar surface area (TPSA) is 81.4 Å². The van der Waals surface area contributed by atoms with Crippen LogP contribution in [-0.4, -0.2) is 33.4 Å². The predicted molar refractivity (Wildman–Crippen MR) is 91.6 cm³/mol. The van der Waals surface area contributed by atoms with Crippen LogP contribution >= 0.6 is 0 Å². The number of sulfonamides is 1. The Balaban J connectivity index is 1.83. The highest BCUT2D eigenvalue weighted by Crippen LogP contribution is 2.22. The van der Waals surface area contributed by atoms with Gasteiger partial charge in [0.2, 0.25) is 10.0 Å². The van der Waals surface area contributed by atoms with Gasteiger partial charge >= 0.3 is 0 Å². The number of nitrogens with two attached hydrogens (primary N) is 1. The molecular weight excluding hydrogens is 312 g/mol. The van der Waals surface area contributed by atoms with Crippen LogP contribution in [0.4, 0.5) is 0 Å². The van der Waals surface area contributed by atoms with Crippen molar-refractivity contribution in [3.05, 3.63) is 48.0 Å². The second kappa shape index (κ2) is 6.97. The van der Waals surface area contributed by atoms with Gasteiger partial charge in [-0.2, -0.15) is 0 Å². The van der Waals surface area contributed by atoms with Crippen molar-refractivity contribution in [1.82, 2.24) is 4.72 Å². The van der Waals surface area contributed by atoms with Crippen molar-refractivity contribution in [2.24, 2.45) is 5.73 Å². The summed E-state index contributed by atoms with van der Waals surface area (Å²) in [4.78, 5) is 0. The first-order valence-corrected chi connectivity index (χ1v) is 9.42. The van der Waals surface area contributed by atoms with Crippen LogP contribution in [0.2, 0.25) is 0 Å². The van der Waals surface area contributed by atoms with E-state index in [4.69, 9.17) is 10.5 Å². The third-order valence-electron chi connectivity index (χ3n) is 4.28. The van der Waals surface area contributed by atoms with Crippen LogP contribution in [0.1, 0.15) is 24.4 Å². The second-order valence-electron chi connectivity index (χ2n) is 5.90. The van der Waals surface area contributed by atoms with Gasteiger partial charge < -0.3 is 10.5 Å². The van der Waals surface area contributed by atoms with E-state index in [-0.39, 0.29) is 13.2 Å². The molecule has 0 saturated carbocycles. The molecule has 23 heavy (non-hydrogen) atoms. The van der Waals surface area contributed by atoms with Crippen molar-refractivity contribution in [1.29, 1.82) is 0 Å². The number of rotatable bonds is 5. The molecule has 0 amide bonds. The summed E-state index contributed by atoms with van der Waals surface area (Å²) < 4.78 is 33.1. The minimum absolute atomic E-state index is 0.213. The monoisotopic (exact) mass is 334 g/mol. The maximum absolute atomic E-state index is 12.5. The van der Waals surface area contributed by atoms with Gasteiger partial charge in [0, 0.05) is 13.2 Å². The second-order valence-corrected chi connectivity index (χ2v) is 7.89. The number of ether oxygens (including phenoxy) is 1. The SMILES string of the molecule is NCC(NS(=O)(=O)C1CCCOC1)c1ccc2ccccc2c1. The molecule has 6 heteroatoms. The third-order valence-corrected chi connectivity index (χ3v) is 6.14. The Kier molecular flexibility index (Phi) is 4.96. The van der Waals surface area contributed by atoms with Gasteiger partial charge in [0.05, 0.1) is 17.9 Å². The number of fused-ring (bicyclic) bond motifs is 1. The molecule has 2 aromatic carbocycles. The van der Waals surface area contributed by atoms with E-state index in [0.29, 0.717) is 13.0 Å². The maximum atomic E-state index is 12.5. The summed E-state index contributed by atoms with van der Waals surface area (Å²) in [6.07, 6.45) is 1.40. The molecule has 1 aliphatic heterocycles. The minimum atomic E-state index is -3.45. The average Bonchev–Trinajstić information content (AvgIpc) is 2.60. The first-order valence-electron chi connectivity index (χ1n) is 7.88. The number of hydrogen-bond donors (Lipinski definition) is 2. The Morgan fingerprint density at radius 2 is 2.00 bits per heavy atom. The van der Waals surface area contributed by atoms with Gasteiger partial charge in [-0.05, 0) is 35.2 Å². The highest BCUT2D eigenvalue weighted by atomic mass is 32.2. The normalized spacial score (nSPS) is 20.5. The average molecular weight is 334 g/mol. The lowest BCUT2D eigenvalue weighted by Crippen LogP contribution is -2.42. The van der Waals surface area contributed by atoms with Crippen LogP contribution < -0.4 is 10.5 Å². The summed E-state index contributed by atoms with van der Waals surface area (Å²) in [7, 11) is -3.45. The first-order chi connectivity index (χ1) is 11.1. The van der Waals surface area contributed by atoms with E-state index in [1.807, 2.05) is 42.5 Å². The zero-order chi connectivity index (χ0) is 16.3. The third kappa shape index (κ3) is 3.72. The van der Waals surface area contributed by atoms with Crippen molar-refractivity contribution in [2.75, 3.05) is 19.8 Å². The van der Waals surface area contributed by atoms with Crippen molar-refractivity contribution in [3.8, 4) is 0 Å². The summed E-state index contributed by atoms with van der Waals surface area (Å²) in [6.45, 7) is 1.10. The fourth-order valence-corrected chi connectivity index (χ4v) is 4.50. The Labute approximate surface area is 136 Å². The molecule has 0 spiro atoms. The largest absolute Gasteiger partial charge is 0.380 e. The Hall–Kier alpha value is -1.47. The van der Waals surface area contributed by atoms with Crippen molar-refractivity contribution in [3.63, 3.8) is 0 Å². The number of benzene rings is 2. The molecule has 2 atom stereocenters. The summed E-state index contributed by atoms with van der Waals surface area (Å²) in [6, 6.07) is 13.5. The van der Waals surface area contributed by atoms with Crippen LogP contribution in [0, 0.1) is 0 Å². The molecule has 3 rings (SSSR count). The molecule has 0 bridgehead atoms. The van der Waals surface area contributed by atoms with E-state index in [1.54, 1.807) is 0 Å². The molecule has 1 saturated heterocycles. The van der Waals surface area contributed by atoms with E-state index in [2.05, 4.69) is 4.72 Å². The minimum Gasteiger partial charge on any atom is -0.380 e. The van der Waals surface area contributed by atoms with Gasteiger partial charge in [-0.3, -0.25) is 0 Å². The fourth-order valence-electron chi connectivity index (χ4n) is 2.93. The number of hydrogen-bond acceptors (Lipinski definition) is 4. The van der Waals surface area contributed by atoms with Gasteiger partial charge in [-0.1, -0.05) is 36.4 Å². The fraction of sp³-hybridized carbons (Fsp3) is 0.412. The first kappa shape index (κ1) is 16.4. The molecule has 0 radical (unpaired) electrons. The summed E-state index contributed by atoms with van der Waals surface area (Å²) in [5.41, 5.74) is 6.71. The van der Waals surface area contributed by atoms with Gasteiger partial charge in [-0.15, -0.1) is 0 Å². The summed E-state index contributed by atoms with van der Waals surface area (Å²) in [5.74, 6) is 0. The Morgan fingerprint density at radius 1 is 1.22 bits per heavy atom. The van der Waals surface area contributed by atoms with Crippen LogP contribution in [0.3, 0.4) is 0 Å². The molecule has 1 aliphatic rings. The molecule has 3 N–H and O–H groups in total. The lowest BCUT2D eigenvalue weighted by Gasteiger charge is -2.25. The Morgan fingerprint density at radius 3 is 2.70 bits per heavy atom. The van der Waals surface area contributed by atoms with Crippen LogP contribution in [0.15, 0.2) is 42.5 Å². The molecule has 0 aromatic heterocycles. The summed E-state index contributed by atoms with van der Waals surface area (Å²) in [5, 5.41) is 1.70. The predicted octanol–water partition coefficient (Wildman–Crippen LogP) is 1.94. The van der Waals surface area contributed by atoms with Gasteiger partial charge in [0.1, 0.15) is 0 Å². The molecule has 1 heterocycles. The van der Waals surface area contributed by atoms with Crippen molar-refractivity contribution >= 4 is 20.8 Å². The van der Waals surface area contributed by atoms with E-state index >= 15 is 0 Å². The zero-order valence-corrected chi connectivity index (χ0v) is 13.8. The lowest BCUT2D eigenvalue weighted by molar-refractivity contribution is 0.0987. The molecule has 5 nitrogen and oxygen atoms in total. The quantitative estimate of drug-likeness (QED) is 0.875. The molecule has 2 unspecified atom stereocenters. The van der Waals surface area contributed by atoms with Gasteiger partial charge in [-0.25, -0.2) is 13.1 Å². The smallest absolute Gasteiger partial charge is 0.217 e. The zero-order valence-electron chi connectivity index (χ0n) is 12.9. The van der Waals surface area contributed by atoms with E-state index < -0.39 is 21.3 Å². The molecule has 1 fully saturated rings. The maximum Gasteiger partial charge on any atom is 0.217 e. The highest BCUT2D eigenvalue weighted by molar-refractivity contribution is 7.90. The number of nitrogens with one attached hydrogen (secondary N) is 1. The molecule has 124 valence electrons. The molecular formula is C17H22N2O3S. The van der Waals surface area contributed by atoms with Gasteiger partial charge in [0.25, 0.3) is 0 Å². The van der Waals surface area contributed by atoms with Crippen LogP contribution in [0.25, 0.3) is 10.8 Å². The molecule has 0 aliphatic carbocycles.